The van der Waals surface area contributed by atoms with Crippen LogP contribution < -0.4 is 0 Å². The van der Waals surface area contributed by atoms with Crippen molar-refractivity contribution < 1.29 is 9.90 Å². The molecule has 2 N–H and O–H groups in total. The molecule has 0 aliphatic carbocycles. The van der Waals surface area contributed by atoms with Crippen LogP contribution in [0.25, 0.3) is 10.6 Å². The highest BCUT2D eigenvalue weighted by molar-refractivity contribution is 7.13. The van der Waals surface area contributed by atoms with Crippen molar-refractivity contribution in [1.82, 2.24) is 9.97 Å². The van der Waals surface area contributed by atoms with Crippen molar-refractivity contribution in [2.45, 2.75) is 6.92 Å². The Labute approximate surface area is 84.2 Å². The van der Waals surface area contributed by atoms with E-state index in [1.54, 1.807) is 6.20 Å². The van der Waals surface area contributed by atoms with Crippen LogP contribution in [0.1, 0.15) is 16.1 Å². The number of carbonyl (C=O) groups is 1. The zero-order valence-electron chi connectivity index (χ0n) is 7.44. The molecule has 2 aromatic heterocycles. The summed E-state index contributed by atoms with van der Waals surface area (Å²) in [6.07, 6.45) is 3.12. The molecule has 0 fully saturated rings. The Morgan fingerprint density at radius 3 is 2.93 bits per heavy atom. The van der Waals surface area contributed by atoms with Gasteiger partial charge in [0.2, 0.25) is 0 Å². The number of thiazole rings is 1. The number of H-pyrrole nitrogens is 1. The van der Waals surface area contributed by atoms with Gasteiger partial charge in [-0.25, -0.2) is 9.78 Å². The molecule has 0 bridgehead atoms. The summed E-state index contributed by atoms with van der Waals surface area (Å²) in [6.45, 7) is 1.88. The van der Waals surface area contributed by atoms with Gasteiger partial charge in [-0.1, -0.05) is 0 Å². The second-order valence-corrected chi connectivity index (χ2v) is 3.74. The fraction of sp³-hybridized carbons (Fsp3) is 0.111. The number of rotatable bonds is 2. The normalized spacial score (nSPS) is 10.4. The highest BCUT2D eigenvalue weighted by atomic mass is 32.1. The molecule has 0 amide bonds. The number of hydrogen-bond acceptors (Lipinski definition) is 3. The molecule has 2 heterocycles. The summed E-state index contributed by atoms with van der Waals surface area (Å²) in [7, 11) is 0. The largest absolute Gasteiger partial charge is 0.478 e. The van der Waals surface area contributed by atoms with Gasteiger partial charge in [0.15, 0.2) is 0 Å². The van der Waals surface area contributed by atoms with Gasteiger partial charge in [-0.3, -0.25) is 0 Å². The first-order valence-corrected chi connectivity index (χ1v) is 4.89. The molecular weight excluding hydrogens is 200 g/mol. The summed E-state index contributed by atoms with van der Waals surface area (Å²) >= 11 is 1.44. The third kappa shape index (κ3) is 1.42. The van der Waals surface area contributed by atoms with Crippen LogP contribution in [-0.2, 0) is 0 Å². The molecule has 0 aliphatic rings. The van der Waals surface area contributed by atoms with Gasteiger partial charge >= 0.3 is 5.97 Å². The number of aromatic amines is 1. The van der Waals surface area contributed by atoms with Crippen molar-refractivity contribution >= 4 is 17.3 Å². The van der Waals surface area contributed by atoms with Crippen LogP contribution in [0.3, 0.4) is 0 Å². The van der Waals surface area contributed by atoms with Crippen LogP contribution >= 0.6 is 11.3 Å². The summed E-state index contributed by atoms with van der Waals surface area (Å²) < 4.78 is 0. The summed E-state index contributed by atoms with van der Waals surface area (Å²) in [4.78, 5) is 17.8. The summed E-state index contributed by atoms with van der Waals surface area (Å²) in [5.41, 5.74) is 1.82. The van der Waals surface area contributed by atoms with E-state index in [0.29, 0.717) is 5.56 Å². The Morgan fingerprint density at radius 1 is 1.57 bits per heavy atom. The van der Waals surface area contributed by atoms with Crippen molar-refractivity contribution in [3.05, 3.63) is 29.0 Å². The average Bonchev–Trinajstić information content (AvgIpc) is 2.70. The zero-order chi connectivity index (χ0) is 10.1. The van der Waals surface area contributed by atoms with Crippen LogP contribution in [0.2, 0.25) is 0 Å². The second kappa shape index (κ2) is 3.26. The quantitative estimate of drug-likeness (QED) is 0.794. The number of hydrogen-bond donors (Lipinski definition) is 2. The highest BCUT2D eigenvalue weighted by Gasteiger charge is 2.14. The van der Waals surface area contributed by atoms with Gasteiger partial charge in [0.1, 0.15) is 5.01 Å². The monoisotopic (exact) mass is 208 g/mol. The third-order valence-corrected chi connectivity index (χ3v) is 2.82. The first-order valence-electron chi connectivity index (χ1n) is 4.01. The van der Waals surface area contributed by atoms with Gasteiger partial charge < -0.3 is 10.1 Å². The molecule has 14 heavy (non-hydrogen) atoms. The van der Waals surface area contributed by atoms with Gasteiger partial charge in [-0.05, 0) is 6.92 Å². The first-order chi connectivity index (χ1) is 6.68. The molecule has 2 aromatic rings. The van der Waals surface area contributed by atoms with Gasteiger partial charge in [-0.2, -0.15) is 0 Å². The number of nitrogens with zero attached hydrogens (tertiary/aromatic N) is 1. The van der Waals surface area contributed by atoms with Crippen LogP contribution in [0.5, 0.6) is 0 Å². The van der Waals surface area contributed by atoms with Gasteiger partial charge in [0.25, 0.3) is 0 Å². The Bertz CT molecular complexity index is 473. The molecule has 0 spiro atoms. The van der Waals surface area contributed by atoms with E-state index < -0.39 is 5.97 Å². The van der Waals surface area contributed by atoms with Crippen molar-refractivity contribution in [3.63, 3.8) is 0 Å². The van der Waals surface area contributed by atoms with Crippen molar-refractivity contribution in [1.29, 1.82) is 0 Å². The maximum Gasteiger partial charge on any atom is 0.337 e. The molecule has 0 aromatic carbocycles. The molecule has 0 unspecified atom stereocenters. The van der Waals surface area contributed by atoms with Gasteiger partial charge in [0, 0.05) is 29.0 Å². The Morgan fingerprint density at radius 2 is 2.36 bits per heavy atom. The maximum atomic E-state index is 10.8. The predicted molar refractivity (Wildman–Crippen MR) is 53.6 cm³/mol. The molecule has 0 aliphatic heterocycles. The van der Waals surface area contributed by atoms with Crippen LogP contribution in [-0.4, -0.2) is 21.0 Å². The number of carboxylic acids is 1. The van der Waals surface area contributed by atoms with E-state index in [0.717, 1.165) is 10.7 Å². The van der Waals surface area contributed by atoms with E-state index in [9.17, 15) is 4.79 Å². The molecule has 5 heteroatoms. The minimum atomic E-state index is -0.936. The van der Waals surface area contributed by atoms with Gasteiger partial charge in [-0.15, -0.1) is 11.3 Å². The lowest BCUT2D eigenvalue weighted by Gasteiger charge is -1.93. The molecular formula is C9H8N2O2S. The van der Waals surface area contributed by atoms with Crippen LogP contribution in [0.15, 0.2) is 17.8 Å². The topological polar surface area (TPSA) is 66.0 Å². The minimum Gasteiger partial charge on any atom is -0.478 e. The number of aromatic carboxylic acids is 1. The highest BCUT2D eigenvalue weighted by Crippen LogP contribution is 2.26. The maximum absolute atomic E-state index is 10.8. The Kier molecular flexibility index (Phi) is 2.09. The van der Waals surface area contributed by atoms with Crippen LogP contribution in [0.4, 0.5) is 0 Å². The fourth-order valence-electron chi connectivity index (χ4n) is 1.20. The van der Waals surface area contributed by atoms with E-state index in [-0.39, 0.29) is 5.56 Å². The van der Waals surface area contributed by atoms with Crippen molar-refractivity contribution in [2.24, 2.45) is 0 Å². The Balaban J connectivity index is 2.51. The van der Waals surface area contributed by atoms with Crippen molar-refractivity contribution in [3.8, 4) is 10.6 Å². The van der Waals surface area contributed by atoms with E-state index in [2.05, 4.69) is 9.97 Å². The molecule has 0 saturated heterocycles. The molecule has 2 rings (SSSR count). The lowest BCUT2D eigenvalue weighted by molar-refractivity contribution is 0.0698. The standard InChI is InChI=1S/C9H8N2O2S/c1-5-4-14-8(11-5)6-2-10-3-7(6)9(12)13/h2-4,10H,1H3,(H,12,13). The van der Waals surface area contributed by atoms with Gasteiger partial charge in [0.05, 0.1) is 5.56 Å². The van der Waals surface area contributed by atoms with Crippen LogP contribution in [0, 0.1) is 6.92 Å². The number of carboxylic acid groups (broad SMARTS) is 1. The summed E-state index contributed by atoms with van der Waals surface area (Å²) in [6, 6.07) is 0. The smallest absolute Gasteiger partial charge is 0.337 e. The number of aryl methyl sites for hydroxylation is 1. The predicted octanol–water partition coefficient (Wildman–Crippen LogP) is 2.14. The lowest BCUT2D eigenvalue weighted by atomic mass is 10.2. The first kappa shape index (κ1) is 8.96. The summed E-state index contributed by atoms with van der Waals surface area (Å²) in [5, 5.41) is 11.5. The Hall–Kier alpha value is -1.62. The second-order valence-electron chi connectivity index (χ2n) is 2.88. The molecule has 0 atom stereocenters. The minimum absolute atomic E-state index is 0.263. The molecule has 4 nitrogen and oxygen atoms in total. The van der Waals surface area contributed by atoms with E-state index >= 15 is 0 Å². The molecule has 0 radical (unpaired) electrons. The lowest BCUT2D eigenvalue weighted by Crippen LogP contribution is -1.95. The zero-order valence-corrected chi connectivity index (χ0v) is 8.26. The summed E-state index contributed by atoms with van der Waals surface area (Å²) in [5.74, 6) is -0.936. The molecule has 0 saturated carbocycles. The fourth-order valence-corrected chi connectivity index (χ4v) is 2.02. The van der Waals surface area contributed by atoms with E-state index in [1.165, 1.54) is 17.5 Å². The van der Waals surface area contributed by atoms with E-state index in [4.69, 9.17) is 5.11 Å². The van der Waals surface area contributed by atoms with Crippen molar-refractivity contribution in [2.75, 3.05) is 0 Å². The third-order valence-electron chi connectivity index (χ3n) is 1.83. The SMILES string of the molecule is Cc1csc(-c2c[nH]cc2C(=O)O)n1. The van der Waals surface area contributed by atoms with E-state index in [1.807, 2.05) is 12.3 Å². The number of nitrogens with one attached hydrogen (secondary N) is 1. The molecule has 72 valence electrons. The average molecular weight is 208 g/mol. The number of aromatic nitrogens is 2.